The van der Waals surface area contributed by atoms with Crippen LogP contribution in [-0.2, 0) is 16.8 Å². The second-order valence-corrected chi connectivity index (χ2v) is 9.71. The lowest BCUT2D eigenvalue weighted by molar-refractivity contribution is -0.130. The summed E-state index contributed by atoms with van der Waals surface area (Å²) in [5.41, 5.74) is 5.01. The minimum atomic E-state index is -0.718. The lowest BCUT2D eigenvalue weighted by atomic mass is 9.85. The van der Waals surface area contributed by atoms with E-state index in [9.17, 15) is 14.7 Å². The molecule has 1 aromatic heterocycles. The standard InChI is InChI=1S/C28H29NO4/c1-17-8-9-18(2)20(15-17)16-29-24(19-10-12-21(13-11-19)28(3,4)5)23(26(31)27(29)32)25(30)22-7-6-14-33-22/h6-15,24,31H,16H2,1-5H3. The zero-order valence-corrected chi connectivity index (χ0v) is 19.7. The molecule has 0 spiro atoms. The van der Waals surface area contributed by atoms with Gasteiger partial charge in [-0.3, -0.25) is 9.59 Å². The van der Waals surface area contributed by atoms with E-state index in [4.69, 9.17) is 4.42 Å². The van der Waals surface area contributed by atoms with E-state index in [1.54, 1.807) is 17.0 Å². The van der Waals surface area contributed by atoms with Gasteiger partial charge >= 0.3 is 0 Å². The van der Waals surface area contributed by atoms with Crippen molar-refractivity contribution in [3.05, 3.63) is 106 Å². The Hall–Kier alpha value is -3.60. The maximum Gasteiger partial charge on any atom is 0.290 e. The average Bonchev–Trinajstić information content (AvgIpc) is 3.39. The first-order valence-electron chi connectivity index (χ1n) is 11.1. The van der Waals surface area contributed by atoms with Crippen LogP contribution < -0.4 is 0 Å². The highest BCUT2D eigenvalue weighted by atomic mass is 16.3. The molecule has 1 aliphatic heterocycles. The number of hydrogen-bond donors (Lipinski definition) is 1. The van der Waals surface area contributed by atoms with Crippen LogP contribution in [-0.4, -0.2) is 21.7 Å². The lowest BCUT2D eigenvalue weighted by Gasteiger charge is -2.28. The SMILES string of the molecule is Cc1ccc(C)c(CN2C(=O)C(O)=C(C(=O)c3ccco3)C2c2ccc(C(C)(C)C)cc2)c1. The molecule has 2 heterocycles. The van der Waals surface area contributed by atoms with Gasteiger partial charge in [-0.05, 0) is 53.6 Å². The Labute approximate surface area is 194 Å². The van der Waals surface area contributed by atoms with Crippen molar-refractivity contribution >= 4 is 11.7 Å². The molecule has 0 saturated heterocycles. The van der Waals surface area contributed by atoms with Crippen LogP contribution >= 0.6 is 0 Å². The van der Waals surface area contributed by atoms with E-state index in [-0.39, 0.29) is 23.3 Å². The van der Waals surface area contributed by atoms with Gasteiger partial charge < -0.3 is 14.4 Å². The molecule has 1 amide bonds. The Bertz CT molecular complexity index is 1230. The largest absolute Gasteiger partial charge is 0.503 e. The lowest BCUT2D eigenvalue weighted by Crippen LogP contribution is -2.31. The predicted molar refractivity (Wildman–Crippen MR) is 127 cm³/mol. The van der Waals surface area contributed by atoms with Crippen LogP contribution in [0.4, 0.5) is 0 Å². The first kappa shape index (κ1) is 22.6. The molecule has 1 aliphatic rings. The van der Waals surface area contributed by atoms with Crippen LogP contribution in [0.25, 0.3) is 0 Å². The molecule has 5 heteroatoms. The molecular formula is C28H29NO4. The summed E-state index contributed by atoms with van der Waals surface area (Å²) in [5, 5.41) is 10.8. The molecule has 2 aromatic carbocycles. The zero-order valence-electron chi connectivity index (χ0n) is 19.7. The number of amides is 1. The first-order valence-corrected chi connectivity index (χ1v) is 11.1. The van der Waals surface area contributed by atoms with Gasteiger partial charge in [0, 0.05) is 6.54 Å². The van der Waals surface area contributed by atoms with Crippen molar-refractivity contribution in [2.75, 3.05) is 0 Å². The fraction of sp³-hybridized carbons (Fsp3) is 0.286. The van der Waals surface area contributed by atoms with Crippen molar-refractivity contribution in [2.45, 2.75) is 52.6 Å². The van der Waals surface area contributed by atoms with Gasteiger partial charge in [0.15, 0.2) is 11.5 Å². The molecule has 170 valence electrons. The molecule has 5 nitrogen and oxygen atoms in total. The summed E-state index contributed by atoms with van der Waals surface area (Å²) in [6, 6.07) is 16.4. The predicted octanol–water partition coefficient (Wildman–Crippen LogP) is 5.97. The molecule has 0 fully saturated rings. The Kier molecular flexibility index (Phi) is 5.75. The number of Topliss-reactive ketones (excluding diaryl/α,β-unsaturated/α-hetero) is 1. The number of furan rings is 1. The highest BCUT2D eigenvalue weighted by molar-refractivity contribution is 6.15. The van der Waals surface area contributed by atoms with Gasteiger partial charge in [-0.25, -0.2) is 0 Å². The molecule has 0 bridgehead atoms. The fourth-order valence-electron chi connectivity index (χ4n) is 4.26. The maximum atomic E-state index is 13.3. The summed E-state index contributed by atoms with van der Waals surface area (Å²) in [7, 11) is 0. The quantitative estimate of drug-likeness (QED) is 0.493. The van der Waals surface area contributed by atoms with E-state index in [1.165, 1.54) is 6.26 Å². The second kappa shape index (κ2) is 8.39. The van der Waals surface area contributed by atoms with Crippen molar-refractivity contribution < 1.29 is 19.1 Å². The third-order valence-corrected chi connectivity index (χ3v) is 6.23. The highest BCUT2D eigenvalue weighted by Gasteiger charge is 2.44. The number of benzene rings is 2. The third kappa shape index (κ3) is 4.23. The van der Waals surface area contributed by atoms with E-state index < -0.39 is 23.5 Å². The molecule has 1 unspecified atom stereocenters. The van der Waals surface area contributed by atoms with Crippen LogP contribution in [0.2, 0.25) is 0 Å². The third-order valence-electron chi connectivity index (χ3n) is 6.23. The molecule has 1 atom stereocenters. The molecule has 4 rings (SSSR count). The number of aliphatic hydroxyl groups excluding tert-OH is 1. The fourth-order valence-corrected chi connectivity index (χ4v) is 4.26. The van der Waals surface area contributed by atoms with E-state index >= 15 is 0 Å². The molecule has 1 N–H and O–H groups in total. The van der Waals surface area contributed by atoms with Crippen molar-refractivity contribution in [1.82, 2.24) is 4.90 Å². The van der Waals surface area contributed by atoms with E-state index in [2.05, 4.69) is 20.8 Å². The van der Waals surface area contributed by atoms with E-state index in [1.807, 2.05) is 56.3 Å². The van der Waals surface area contributed by atoms with Gasteiger partial charge in [0.05, 0.1) is 17.9 Å². The van der Waals surface area contributed by atoms with Crippen molar-refractivity contribution in [3.63, 3.8) is 0 Å². The van der Waals surface area contributed by atoms with E-state index in [0.717, 1.165) is 27.8 Å². The summed E-state index contributed by atoms with van der Waals surface area (Å²) in [6.07, 6.45) is 1.41. The van der Waals surface area contributed by atoms with Gasteiger partial charge in [-0.2, -0.15) is 0 Å². The Morgan fingerprint density at radius 3 is 2.36 bits per heavy atom. The smallest absolute Gasteiger partial charge is 0.290 e. The van der Waals surface area contributed by atoms with Crippen LogP contribution in [0, 0.1) is 13.8 Å². The zero-order chi connectivity index (χ0) is 23.9. The van der Waals surface area contributed by atoms with Crippen molar-refractivity contribution in [2.24, 2.45) is 0 Å². The summed E-state index contributed by atoms with van der Waals surface area (Å²) in [6.45, 7) is 10.7. The number of aryl methyl sites for hydroxylation is 2. The van der Waals surface area contributed by atoms with Crippen molar-refractivity contribution in [3.8, 4) is 0 Å². The van der Waals surface area contributed by atoms with Crippen molar-refractivity contribution in [1.29, 1.82) is 0 Å². The minimum Gasteiger partial charge on any atom is -0.503 e. The molecule has 3 aromatic rings. The second-order valence-electron chi connectivity index (χ2n) is 9.71. The van der Waals surface area contributed by atoms with Gasteiger partial charge in [0.1, 0.15) is 0 Å². The molecule has 0 radical (unpaired) electrons. The molecule has 0 aliphatic carbocycles. The normalized spacial score (nSPS) is 16.6. The monoisotopic (exact) mass is 443 g/mol. The van der Waals surface area contributed by atoms with Gasteiger partial charge in [0.25, 0.3) is 5.91 Å². The number of carbonyl (C=O) groups is 2. The average molecular weight is 444 g/mol. The summed E-state index contributed by atoms with van der Waals surface area (Å²) >= 11 is 0. The number of nitrogens with zero attached hydrogens (tertiary/aromatic N) is 1. The van der Waals surface area contributed by atoms with Gasteiger partial charge in [-0.15, -0.1) is 0 Å². The van der Waals surface area contributed by atoms with Crippen LogP contribution in [0.3, 0.4) is 0 Å². The number of aliphatic hydroxyl groups is 1. The number of carbonyl (C=O) groups excluding carboxylic acids is 2. The Morgan fingerprint density at radius 2 is 1.76 bits per heavy atom. The molecular weight excluding hydrogens is 414 g/mol. The number of ketones is 1. The minimum absolute atomic E-state index is 0.0345. The van der Waals surface area contributed by atoms with E-state index in [0.29, 0.717) is 0 Å². The van der Waals surface area contributed by atoms with Crippen LogP contribution in [0.15, 0.2) is 76.6 Å². The van der Waals surface area contributed by atoms with Crippen LogP contribution in [0.5, 0.6) is 0 Å². The maximum absolute atomic E-state index is 13.3. The molecule has 0 saturated carbocycles. The highest BCUT2D eigenvalue weighted by Crippen LogP contribution is 2.40. The molecule has 33 heavy (non-hydrogen) atoms. The number of rotatable bonds is 5. The van der Waals surface area contributed by atoms with Crippen LogP contribution in [0.1, 0.15) is 65.2 Å². The first-order chi connectivity index (χ1) is 15.6. The Morgan fingerprint density at radius 1 is 1.06 bits per heavy atom. The van der Waals surface area contributed by atoms with Gasteiger partial charge in [-0.1, -0.05) is 68.8 Å². The number of hydrogen-bond acceptors (Lipinski definition) is 4. The summed E-state index contributed by atoms with van der Waals surface area (Å²) < 4.78 is 5.30. The summed E-state index contributed by atoms with van der Waals surface area (Å²) in [4.78, 5) is 28.1. The van der Waals surface area contributed by atoms with Gasteiger partial charge in [0.2, 0.25) is 5.78 Å². The topological polar surface area (TPSA) is 70.8 Å². The summed E-state index contributed by atoms with van der Waals surface area (Å²) in [5.74, 6) is -1.48. The Balaban J connectivity index is 1.81.